The van der Waals surface area contributed by atoms with E-state index in [0.717, 1.165) is 19.5 Å². The molecule has 0 aliphatic rings. The molecule has 0 N–H and O–H groups in total. The van der Waals surface area contributed by atoms with E-state index in [1.54, 1.807) is 0 Å². The summed E-state index contributed by atoms with van der Waals surface area (Å²) in [6.45, 7) is 12.4. The van der Waals surface area contributed by atoms with Gasteiger partial charge in [-0.25, -0.2) is 0 Å². The van der Waals surface area contributed by atoms with Gasteiger partial charge >= 0.3 is 5.97 Å². The van der Waals surface area contributed by atoms with Crippen LogP contribution in [0.15, 0.2) is 0 Å². The molecule has 0 aromatic rings. The first-order chi connectivity index (χ1) is 7.88. The number of carbonyl (C=O) groups excluding carboxylic acids is 1. The highest BCUT2D eigenvalue weighted by molar-refractivity contribution is 5.76. The normalized spacial score (nSPS) is 13.8. The zero-order valence-corrected chi connectivity index (χ0v) is 12.4. The molecule has 0 aliphatic carbocycles. The molecule has 102 valence electrons. The van der Waals surface area contributed by atoms with Crippen LogP contribution in [0.2, 0.25) is 0 Å². The number of hydrogen-bond donors (Lipinski definition) is 0. The summed E-state index contributed by atoms with van der Waals surface area (Å²) in [5, 5.41) is 0. The van der Waals surface area contributed by atoms with Gasteiger partial charge in [0.2, 0.25) is 0 Å². The largest absolute Gasteiger partial charge is 0.469 e. The molecule has 3 nitrogen and oxygen atoms in total. The predicted octanol–water partition coefficient (Wildman–Crippen LogP) is 3.09. The van der Waals surface area contributed by atoms with Crippen LogP contribution in [0.5, 0.6) is 0 Å². The maximum absolute atomic E-state index is 11.7. The molecule has 0 amide bonds. The van der Waals surface area contributed by atoms with Gasteiger partial charge in [-0.1, -0.05) is 20.3 Å². The van der Waals surface area contributed by atoms with Gasteiger partial charge in [-0.3, -0.25) is 9.69 Å². The molecule has 0 spiro atoms. The quantitative estimate of drug-likeness (QED) is 0.614. The molecule has 0 saturated carbocycles. The molecular weight excluding hydrogens is 214 g/mol. The van der Waals surface area contributed by atoms with E-state index in [0.29, 0.717) is 6.04 Å². The van der Waals surface area contributed by atoms with Crippen LogP contribution in [-0.2, 0) is 9.53 Å². The van der Waals surface area contributed by atoms with Gasteiger partial charge in [0, 0.05) is 12.6 Å². The van der Waals surface area contributed by atoms with Crippen LogP contribution in [0, 0.1) is 5.41 Å². The lowest BCUT2D eigenvalue weighted by molar-refractivity contribution is -0.152. The van der Waals surface area contributed by atoms with E-state index in [2.05, 4.69) is 25.7 Å². The molecule has 17 heavy (non-hydrogen) atoms. The van der Waals surface area contributed by atoms with E-state index in [9.17, 15) is 4.79 Å². The van der Waals surface area contributed by atoms with Crippen molar-refractivity contribution < 1.29 is 9.53 Å². The second-order valence-electron chi connectivity index (χ2n) is 5.46. The Balaban J connectivity index is 4.55. The molecule has 0 heterocycles. The number of ether oxygens (including phenoxy) is 1. The molecule has 0 aromatic heterocycles. The molecule has 0 saturated heterocycles. The molecule has 1 atom stereocenters. The lowest BCUT2D eigenvalue weighted by Crippen LogP contribution is -2.44. The molecular formula is C14H29NO2. The summed E-state index contributed by atoms with van der Waals surface area (Å²) in [7, 11) is 1.46. The summed E-state index contributed by atoms with van der Waals surface area (Å²) in [6, 6.07) is 0.519. The van der Waals surface area contributed by atoms with Gasteiger partial charge in [0.25, 0.3) is 0 Å². The Hall–Kier alpha value is -0.570. The molecule has 0 aromatic carbocycles. The van der Waals surface area contributed by atoms with E-state index in [1.807, 2.05) is 13.8 Å². The van der Waals surface area contributed by atoms with Crippen LogP contribution in [0.3, 0.4) is 0 Å². The van der Waals surface area contributed by atoms with Crippen molar-refractivity contribution in [2.45, 2.75) is 59.9 Å². The Kier molecular flexibility index (Phi) is 7.44. The number of esters is 1. The van der Waals surface area contributed by atoms with E-state index in [4.69, 9.17) is 4.74 Å². The van der Waals surface area contributed by atoms with Crippen molar-refractivity contribution in [2.75, 3.05) is 20.2 Å². The predicted molar refractivity (Wildman–Crippen MR) is 72.0 cm³/mol. The summed E-state index contributed by atoms with van der Waals surface area (Å²) >= 11 is 0. The van der Waals surface area contributed by atoms with Gasteiger partial charge in [-0.15, -0.1) is 0 Å². The van der Waals surface area contributed by atoms with E-state index in [1.165, 1.54) is 20.0 Å². The Bertz CT molecular complexity index is 226. The smallest absolute Gasteiger partial charge is 0.312 e. The van der Waals surface area contributed by atoms with Crippen molar-refractivity contribution in [3.63, 3.8) is 0 Å². The summed E-state index contributed by atoms with van der Waals surface area (Å²) in [4.78, 5) is 14.1. The highest BCUT2D eigenvalue weighted by Gasteiger charge is 2.32. The Labute approximate surface area is 107 Å². The fourth-order valence-corrected chi connectivity index (χ4v) is 1.92. The van der Waals surface area contributed by atoms with E-state index in [-0.39, 0.29) is 5.97 Å². The maximum atomic E-state index is 11.7. The standard InChI is InChI=1S/C14H29NO2/c1-7-9-10-15(12(3)8-2)11-14(4,5)13(16)17-6/h12H,7-11H2,1-6H3. The van der Waals surface area contributed by atoms with Gasteiger partial charge in [0.05, 0.1) is 12.5 Å². The Morgan fingerprint density at radius 2 is 1.94 bits per heavy atom. The molecule has 3 heteroatoms. The Morgan fingerprint density at radius 1 is 1.35 bits per heavy atom. The summed E-state index contributed by atoms with van der Waals surface area (Å²) in [5.74, 6) is -0.123. The lowest BCUT2D eigenvalue weighted by Gasteiger charge is -2.34. The first kappa shape index (κ1) is 16.4. The average molecular weight is 243 g/mol. The fourth-order valence-electron chi connectivity index (χ4n) is 1.92. The zero-order chi connectivity index (χ0) is 13.5. The van der Waals surface area contributed by atoms with Crippen LogP contribution in [0.1, 0.15) is 53.9 Å². The van der Waals surface area contributed by atoms with Gasteiger partial charge < -0.3 is 4.74 Å². The minimum atomic E-state index is -0.425. The maximum Gasteiger partial charge on any atom is 0.312 e. The Morgan fingerprint density at radius 3 is 2.35 bits per heavy atom. The van der Waals surface area contributed by atoms with Crippen molar-refractivity contribution in [3.8, 4) is 0 Å². The van der Waals surface area contributed by atoms with Crippen molar-refractivity contribution >= 4 is 5.97 Å². The number of methoxy groups -OCH3 is 1. The third-order valence-corrected chi connectivity index (χ3v) is 3.35. The molecule has 0 bridgehead atoms. The number of nitrogens with zero attached hydrogens (tertiary/aromatic N) is 1. The highest BCUT2D eigenvalue weighted by atomic mass is 16.5. The first-order valence-corrected chi connectivity index (χ1v) is 6.71. The average Bonchev–Trinajstić information content (AvgIpc) is 2.32. The van der Waals surface area contributed by atoms with Crippen molar-refractivity contribution in [3.05, 3.63) is 0 Å². The number of hydrogen-bond acceptors (Lipinski definition) is 3. The minimum absolute atomic E-state index is 0.123. The zero-order valence-electron chi connectivity index (χ0n) is 12.4. The van der Waals surface area contributed by atoms with Crippen LogP contribution >= 0.6 is 0 Å². The van der Waals surface area contributed by atoms with E-state index < -0.39 is 5.41 Å². The van der Waals surface area contributed by atoms with Gasteiger partial charge in [-0.05, 0) is 40.2 Å². The molecule has 0 aliphatic heterocycles. The van der Waals surface area contributed by atoms with Crippen LogP contribution in [-0.4, -0.2) is 37.1 Å². The summed E-state index contributed by atoms with van der Waals surface area (Å²) in [5.41, 5.74) is -0.425. The molecule has 0 rings (SSSR count). The lowest BCUT2D eigenvalue weighted by atomic mass is 9.92. The van der Waals surface area contributed by atoms with Crippen molar-refractivity contribution in [2.24, 2.45) is 5.41 Å². The topological polar surface area (TPSA) is 29.5 Å². The molecule has 1 unspecified atom stereocenters. The molecule has 0 fully saturated rings. The second kappa shape index (κ2) is 7.70. The highest BCUT2D eigenvalue weighted by Crippen LogP contribution is 2.21. The number of carbonyl (C=O) groups is 1. The SMILES string of the molecule is CCCCN(CC(C)(C)C(=O)OC)C(C)CC. The second-order valence-corrected chi connectivity index (χ2v) is 5.46. The van der Waals surface area contributed by atoms with Gasteiger partial charge in [0.15, 0.2) is 0 Å². The minimum Gasteiger partial charge on any atom is -0.469 e. The van der Waals surface area contributed by atoms with Crippen molar-refractivity contribution in [1.29, 1.82) is 0 Å². The van der Waals surface area contributed by atoms with Crippen LogP contribution in [0.4, 0.5) is 0 Å². The van der Waals surface area contributed by atoms with Gasteiger partial charge in [-0.2, -0.15) is 0 Å². The van der Waals surface area contributed by atoms with Crippen molar-refractivity contribution in [1.82, 2.24) is 4.90 Å². The number of rotatable bonds is 8. The summed E-state index contributed by atoms with van der Waals surface area (Å²) in [6.07, 6.45) is 3.48. The van der Waals surface area contributed by atoms with Gasteiger partial charge in [0.1, 0.15) is 0 Å². The fraction of sp³-hybridized carbons (Fsp3) is 0.929. The first-order valence-electron chi connectivity index (χ1n) is 6.71. The number of unbranched alkanes of at least 4 members (excludes halogenated alkanes) is 1. The van der Waals surface area contributed by atoms with E-state index >= 15 is 0 Å². The third-order valence-electron chi connectivity index (χ3n) is 3.35. The van der Waals surface area contributed by atoms with Crippen LogP contribution in [0.25, 0.3) is 0 Å². The molecule has 0 radical (unpaired) electrons. The monoisotopic (exact) mass is 243 g/mol. The van der Waals surface area contributed by atoms with Crippen LogP contribution < -0.4 is 0 Å². The third kappa shape index (κ3) is 5.53. The summed E-state index contributed by atoms with van der Waals surface area (Å²) < 4.78 is 4.87.